The summed E-state index contributed by atoms with van der Waals surface area (Å²) in [6, 6.07) is 0.0159. The van der Waals surface area contributed by atoms with Crippen LogP contribution in [0.2, 0.25) is 0 Å². The van der Waals surface area contributed by atoms with Crippen molar-refractivity contribution in [2.75, 3.05) is 19.4 Å². The van der Waals surface area contributed by atoms with Gasteiger partial charge in [-0.3, -0.25) is 10.1 Å². The molecule has 0 saturated heterocycles. The Morgan fingerprint density at radius 2 is 1.90 bits per heavy atom. The van der Waals surface area contributed by atoms with E-state index in [0.29, 0.717) is 15.7 Å². The fourth-order valence-electron chi connectivity index (χ4n) is 2.42. The van der Waals surface area contributed by atoms with Crippen LogP contribution in [0.4, 0.5) is 9.93 Å². The lowest BCUT2D eigenvalue weighted by molar-refractivity contribution is 0.0831. The van der Waals surface area contributed by atoms with E-state index in [0.717, 1.165) is 12.8 Å². The van der Waals surface area contributed by atoms with E-state index in [9.17, 15) is 9.59 Å². The molecule has 6 nitrogen and oxygen atoms in total. The number of carbonyl (C=O) groups is 2. The van der Waals surface area contributed by atoms with Gasteiger partial charge in [0.05, 0.1) is 5.69 Å². The first-order valence-corrected chi connectivity index (χ1v) is 8.05. The van der Waals surface area contributed by atoms with Crippen LogP contribution in [0.1, 0.15) is 47.5 Å². The fraction of sp³-hybridized carbons (Fsp3) is 0.643. The number of nitrogens with zero attached hydrogens (tertiary/aromatic N) is 2. The van der Waals surface area contributed by atoms with E-state index in [-0.39, 0.29) is 18.0 Å². The molecule has 0 radical (unpaired) electrons. The summed E-state index contributed by atoms with van der Waals surface area (Å²) >= 11 is 1.21. The maximum Gasteiger partial charge on any atom is 0.321 e. The molecule has 0 aromatic carbocycles. The van der Waals surface area contributed by atoms with Gasteiger partial charge in [0.2, 0.25) is 0 Å². The zero-order valence-corrected chi connectivity index (χ0v) is 13.5. The normalized spacial score (nSPS) is 15.6. The fourth-order valence-corrected chi connectivity index (χ4v) is 3.40. The summed E-state index contributed by atoms with van der Waals surface area (Å²) in [5.74, 6) is -0.0919. The van der Waals surface area contributed by atoms with Gasteiger partial charge in [0, 0.05) is 20.1 Å². The van der Waals surface area contributed by atoms with Crippen molar-refractivity contribution < 1.29 is 9.59 Å². The summed E-state index contributed by atoms with van der Waals surface area (Å²) in [4.78, 5) is 30.2. The van der Waals surface area contributed by atoms with Crippen LogP contribution in [0.5, 0.6) is 0 Å². The molecule has 21 heavy (non-hydrogen) atoms. The van der Waals surface area contributed by atoms with Gasteiger partial charge in [-0.05, 0) is 19.8 Å². The lowest BCUT2D eigenvalue weighted by Gasteiger charge is -2.22. The number of anilines is 1. The maximum atomic E-state index is 12.0. The van der Waals surface area contributed by atoms with Crippen LogP contribution in [-0.2, 0) is 0 Å². The Bertz CT molecular complexity index is 521. The molecule has 1 fully saturated rings. The average Bonchev–Trinajstić information content (AvgIpc) is 2.79. The molecule has 7 heteroatoms. The van der Waals surface area contributed by atoms with Gasteiger partial charge in [-0.2, -0.15) is 0 Å². The van der Waals surface area contributed by atoms with E-state index in [2.05, 4.69) is 15.6 Å². The topological polar surface area (TPSA) is 74.3 Å². The van der Waals surface area contributed by atoms with Crippen molar-refractivity contribution >= 4 is 28.4 Å². The molecule has 1 aliphatic carbocycles. The Kier molecular flexibility index (Phi) is 5.17. The Hall–Kier alpha value is -1.63. The highest BCUT2D eigenvalue weighted by Gasteiger charge is 2.19. The van der Waals surface area contributed by atoms with Gasteiger partial charge in [-0.25, -0.2) is 9.78 Å². The summed E-state index contributed by atoms with van der Waals surface area (Å²) in [5.41, 5.74) is 0.645. The highest BCUT2D eigenvalue weighted by Crippen LogP contribution is 2.24. The number of nitrogens with one attached hydrogen (secondary N) is 2. The van der Waals surface area contributed by atoms with Crippen LogP contribution < -0.4 is 10.6 Å². The Morgan fingerprint density at radius 3 is 2.52 bits per heavy atom. The average molecular weight is 310 g/mol. The summed E-state index contributed by atoms with van der Waals surface area (Å²) in [5, 5.41) is 6.16. The second kappa shape index (κ2) is 6.89. The van der Waals surface area contributed by atoms with E-state index in [1.54, 1.807) is 21.0 Å². The first-order valence-electron chi connectivity index (χ1n) is 7.24. The van der Waals surface area contributed by atoms with Crippen LogP contribution >= 0.6 is 11.3 Å². The van der Waals surface area contributed by atoms with E-state index in [1.165, 1.54) is 35.5 Å². The number of hydrogen-bond acceptors (Lipinski definition) is 4. The van der Waals surface area contributed by atoms with Gasteiger partial charge in [0.15, 0.2) is 5.13 Å². The van der Waals surface area contributed by atoms with Gasteiger partial charge < -0.3 is 10.2 Å². The van der Waals surface area contributed by atoms with Crippen molar-refractivity contribution in [1.29, 1.82) is 0 Å². The van der Waals surface area contributed by atoms with Crippen LogP contribution in [0.15, 0.2) is 0 Å². The van der Waals surface area contributed by atoms with Crippen LogP contribution in [-0.4, -0.2) is 42.0 Å². The predicted molar refractivity (Wildman–Crippen MR) is 83.9 cm³/mol. The third kappa shape index (κ3) is 4.17. The molecule has 2 rings (SSSR count). The SMILES string of the molecule is Cc1nc(NC(=O)NC2CCCCC2)sc1C(=O)N(C)C. The lowest BCUT2D eigenvalue weighted by atomic mass is 9.96. The first-order chi connectivity index (χ1) is 9.97. The molecule has 0 unspecified atom stereocenters. The quantitative estimate of drug-likeness (QED) is 0.901. The second-order valence-corrected chi connectivity index (χ2v) is 6.57. The molecule has 3 amide bonds. The van der Waals surface area contributed by atoms with E-state index < -0.39 is 0 Å². The molecule has 0 atom stereocenters. The zero-order chi connectivity index (χ0) is 15.4. The van der Waals surface area contributed by atoms with Crippen molar-refractivity contribution in [3.63, 3.8) is 0 Å². The number of aryl methyl sites for hydroxylation is 1. The Balaban J connectivity index is 1.94. The number of rotatable bonds is 3. The molecular formula is C14H22N4O2S. The first kappa shape index (κ1) is 15.8. The van der Waals surface area contributed by atoms with E-state index >= 15 is 0 Å². The van der Waals surface area contributed by atoms with Crippen molar-refractivity contribution in [2.45, 2.75) is 45.1 Å². The molecule has 116 valence electrons. The molecule has 0 bridgehead atoms. The molecule has 0 spiro atoms. The number of aromatic nitrogens is 1. The van der Waals surface area contributed by atoms with Gasteiger partial charge in [-0.15, -0.1) is 0 Å². The van der Waals surface area contributed by atoms with Crippen molar-refractivity contribution in [3.8, 4) is 0 Å². The minimum Gasteiger partial charge on any atom is -0.344 e. The minimum absolute atomic E-state index is 0.0919. The highest BCUT2D eigenvalue weighted by molar-refractivity contribution is 7.17. The molecule has 0 aliphatic heterocycles. The van der Waals surface area contributed by atoms with E-state index in [1.807, 2.05) is 0 Å². The summed E-state index contributed by atoms with van der Waals surface area (Å²) in [6.07, 6.45) is 5.66. The van der Waals surface area contributed by atoms with Crippen LogP contribution in [0, 0.1) is 6.92 Å². The standard InChI is InChI=1S/C14H22N4O2S/c1-9-11(12(19)18(2)3)21-14(15-9)17-13(20)16-10-7-5-4-6-8-10/h10H,4-8H2,1-3H3,(H2,15,16,17,20). The number of hydrogen-bond donors (Lipinski definition) is 2. The number of amides is 3. The molecule has 1 saturated carbocycles. The lowest BCUT2D eigenvalue weighted by Crippen LogP contribution is -2.38. The number of thiazole rings is 1. The largest absolute Gasteiger partial charge is 0.344 e. The van der Waals surface area contributed by atoms with Gasteiger partial charge >= 0.3 is 6.03 Å². The third-order valence-electron chi connectivity index (χ3n) is 3.56. The maximum absolute atomic E-state index is 12.0. The molecule has 1 aromatic heterocycles. The van der Waals surface area contributed by atoms with Crippen molar-refractivity contribution in [1.82, 2.24) is 15.2 Å². The highest BCUT2D eigenvalue weighted by atomic mass is 32.1. The Labute approximate surface area is 128 Å². The van der Waals surface area contributed by atoms with Crippen LogP contribution in [0.25, 0.3) is 0 Å². The zero-order valence-electron chi connectivity index (χ0n) is 12.7. The molecule has 1 aliphatic rings. The monoisotopic (exact) mass is 310 g/mol. The molecule has 1 aromatic rings. The predicted octanol–water partition coefficient (Wildman–Crippen LogP) is 2.61. The van der Waals surface area contributed by atoms with Crippen LogP contribution in [0.3, 0.4) is 0 Å². The van der Waals surface area contributed by atoms with Crippen molar-refractivity contribution in [3.05, 3.63) is 10.6 Å². The summed E-state index contributed by atoms with van der Waals surface area (Å²) in [7, 11) is 3.40. The van der Waals surface area contributed by atoms with Gasteiger partial charge in [0.1, 0.15) is 4.88 Å². The molecule has 2 N–H and O–H groups in total. The smallest absolute Gasteiger partial charge is 0.321 e. The molecule has 1 heterocycles. The third-order valence-corrected chi connectivity index (χ3v) is 4.62. The summed E-state index contributed by atoms with van der Waals surface area (Å²) < 4.78 is 0. The molecular weight excluding hydrogens is 288 g/mol. The number of urea groups is 1. The summed E-state index contributed by atoms with van der Waals surface area (Å²) in [6.45, 7) is 1.78. The second-order valence-electron chi connectivity index (χ2n) is 5.57. The van der Waals surface area contributed by atoms with Gasteiger partial charge in [-0.1, -0.05) is 30.6 Å². The Morgan fingerprint density at radius 1 is 1.24 bits per heavy atom. The number of carbonyl (C=O) groups excluding carboxylic acids is 2. The van der Waals surface area contributed by atoms with Gasteiger partial charge in [0.25, 0.3) is 5.91 Å². The van der Waals surface area contributed by atoms with Crippen molar-refractivity contribution in [2.24, 2.45) is 0 Å². The van der Waals surface area contributed by atoms with E-state index in [4.69, 9.17) is 0 Å². The minimum atomic E-state index is -0.237.